The molecule has 2 atom stereocenters. The molecular formula is C27H19Cl2N7O3. The molecule has 39 heavy (non-hydrogen) atoms. The van der Waals surface area contributed by atoms with E-state index < -0.39 is 23.4 Å². The third-order valence-electron chi connectivity index (χ3n) is 7.46. The summed E-state index contributed by atoms with van der Waals surface area (Å²) in [5.74, 6) is -1.38. The van der Waals surface area contributed by atoms with E-state index in [1.165, 1.54) is 23.1 Å². The fraction of sp³-hybridized carbons (Fsp3) is 0.185. The Labute approximate surface area is 232 Å². The Morgan fingerprint density at radius 1 is 1.03 bits per heavy atom. The van der Waals surface area contributed by atoms with Crippen LogP contribution in [0.3, 0.4) is 0 Å². The topological polar surface area (TPSA) is 126 Å². The molecule has 3 aromatic carbocycles. The highest BCUT2D eigenvalue weighted by molar-refractivity contribution is 6.36. The number of H-pyrrole nitrogens is 1. The monoisotopic (exact) mass is 559 g/mol. The van der Waals surface area contributed by atoms with Crippen molar-refractivity contribution in [2.45, 2.75) is 11.5 Å². The Hall–Kier alpha value is -4.46. The molecule has 3 heterocycles. The molecule has 0 bridgehead atoms. The largest absolute Gasteiger partial charge is 0.335 e. The van der Waals surface area contributed by atoms with Crippen molar-refractivity contribution in [3.05, 3.63) is 87.4 Å². The summed E-state index contributed by atoms with van der Waals surface area (Å²) in [5.41, 5.74) is 1.54. The number of urea groups is 1. The zero-order valence-electron chi connectivity index (χ0n) is 20.4. The highest BCUT2D eigenvalue weighted by Gasteiger charge is 2.65. The van der Waals surface area contributed by atoms with Gasteiger partial charge in [-0.25, -0.2) is 9.69 Å². The van der Waals surface area contributed by atoms with Crippen LogP contribution in [0.15, 0.2) is 60.7 Å². The van der Waals surface area contributed by atoms with E-state index in [0.29, 0.717) is 22.2 Å². The van der Waals surface area contributed by atoms with E-state index >= 15 is 0 Å². The van der Waals surface area contributed by atoms with Crippen molar-refractivity contribution in [2.75, 3.05) is 25.0 Å². The molecule has 0 saturated carbocycles. The molecule has 1 spiro atoms. The summed E-state index contributed by atoms with van der Waals surface area (Å²) in [6, 6.07) is 17.8. The summed E-state index contributed by atoms with van der Waals surface area (Å²) in [5, 5.41) is 20.4. The quantitative estimate of drug-likeness (QED) is 0.374. The number of halogens is 2. The molecule has 1 N–H and O–H groups in total. The van der Waals surface area contributed by atoms with Gasteiger partial charge in [0.2, 0.25) is 0 Å². The third-order valence-corrected chi connectivity index (χ3v) is 7.90. The van der Waals surface area contributed by atoms with E-state index in [-0.39, 0.29) is 34.7 Å². The van der Waals surface area contributed by atoms with Crippen LogP contribution in [0, 0.1) is 11.3 Å². The van der Waals surface area contributed by atoms with E-state index in [9.17, 15) is 19.6 Å². The summed E-state index contributed by atoms with van der Waals surface area (Å²) in [4.78, 5) is 45.7. The lowest BCUT2D eigenvalue weighted by Gasteiger charge is -2.33. The van der Waals surface area contributed by atoms with Gasteiger partial charge in [-0.2, -0.15) is 20.7 Å². The lowest BCUT2D eigenvalue weighted by atomic mass is 9.80. The van der Waals surface area contributed by atoms with Crippen LogP contribution in [0.25, 0.3) is 11.0 Å². The maximum absolute atomic E-state index is 14.3. The number of fused-ring (bicyclic) bond motifs is 1. The van der Waals surface area contributed by atoms with E-state index in [2.05, 4.69) is 21.5 Å². The molecule has 2 aliphatic heterocycles. The molecule has 2 fully saturated rings. The van der Waals surface area contributed by atoms with Crippen LogP contribution in [0.5, 0.6) is 0 Å². The summed E-state index contributed by atoms with van der Waals surface area (Å²) < 4.78 is 0. The van der Waals surface area contributed by atoms with Gasteiger partial charge in [0.1, 0.15) is 16.6 Å². The van der Waals surface area contributed by atoms with Crippen LogP contribution in [0.4, 0.5) is 10.5 Å². The Balaban J connectivity index is 1.45. The van der Waals surface area contributed by atoms with Crippen LogP contribution >= 0.6 is 23.2 Å². The number of rotatable bonds is 3. The summed E-state index contributed by atoms with van der Waals surface area (Å²) >= 11 is 12.4. The van der Waals surface area contributed by atoms with Gasteiger partial charge >= 0.3 is 6.03 Å². The van der Waals surface area contributed by atoms with Gasteiger partial charge in [-0.05, 0) is 54.1 Å². The molecular weight excluding hydrogens is 541 g/mol. The number of aromatic amines is 1. The number of nitrogens with one attached hydrogen (secondary N) is 1. The maximum Gasteiger partial charge on any atom is 0.332 e. The zero-order chi connectivity index (χ0) is 27.5. The number of nitrogens with zero attached hydrogens (tertiary/aromatic N) is 6. The van der Waals surface area contributed by atoms with Gasteiger partial charge in [-0.3, -0.25) is 9.59 Å². The van der Waals surface area contributed by atoms with Gasteiger partial charge in [0.25, 0.3) is 11.8 Å². The number of likely N-dealkylation sites (N-methyl/N-ethyl adjacent to an activating group) is 1. The number of aromatic nitrogens is 3. The summed E-state index contributed by atoms with van der Waals surface area (Å²) in [6.07, 6.45) is 0. The van der Waals surface area contributed by atoms with Crippen LogP contribution in [-0.2, 0) is 4.79 Å². The first kappa shape index (κ1) is 24.9. The molecule has 10 nitrogen and oxygen atoms in total. The SMILES string of the molecule is CN1C(=O)N(c2cc(Cl)cc(Cl)c2)C(=O)C12CN(C(=O)c1ccc3n[nH]nc3c1)CC2c1ccc(C#N)cc1. The first-order valence-corrected chi connectivity index (χ1v) is 12.7. The van der Waals surface area contributed by atoms with Crippen LogP contribution in [0.1, 0.15) is 27.4 Å². The smallest absolute Gasteiger partial charge is 0.332 e. The van der Waals surface area contributed by atoms with E-state index in [4.69, 9.17) is 23.2 Å². The van der Waals surface area contributed by atoms with Crippen LogP contribution < -0.4 is 4.90 Å². The van der Waals surface area contributed by atoms with Gasteiger partial charge < -0.3 is 9.80 Å². The normalized spacial score (nSPS) is 20.9. The molecule has 12 heteroatoms. The minimum atomic E-state index is -1.41. The molecule has 2 aliphatic rings. The average molecular weight is 560 g/mol. The van der Waals surface area contributed by atoms with Crippen molar-refractivity contribution in [1.29, 1.82) is 5.26 Å². The van der Waals surface area contributed by atoms with Gasteiger partial charge in [0.05, 0.1) is 23.9 Å². The van der Waals surface area contributed by atoms with Crippen LogP contribution in [-0.4, -0.2) is 68.7 Å². The first-order chi connectivity index (χ1) is 18.7. The van der Waals surface area contributed by atoms with E-state index in [1.54, 1.807) is 54.4 Å². The molecule has 1 aromatic heterocycles. The highest BCUT2D eigenvalue weighted by atomic mass is 35.5. The first-order valence-electron chi connectivity index (χ1n) is 11.9. The summed E-state index contributed by atoms with van der Waals surface area (Å²) in [6.45, 7) is 0.119. The van der Waals surface area contributed by atoms with Gasteiger partial charge in [-0.1, -0.05) is 35.3 Å². The maximum atomic E-state index is 14.3. The van der Waals surface area contributed by atoms with Crippen molar-refractivity contribution >= 4 is 57.8 Å². The number of amides is 4. The van der Waals surface area contributed by atoms with Crippen molar-refractivity contribution in [2.24, 2.45) is 0 Å². The van der Waals surface area contributed by atoms with Gasteiger partial charge in [0.15, 0.2) is 0 Å². The predicted molar refractivity (Wildman–Crippen MR) is 144 cm³/mol. The number of hydrogen-bond acceptors (Lipinski definition) is 6. The van der Waals surface area contributed by atoms with Crippen molar-refractivity contribution in [3.8, 4) is 6.07 Å². The lowest BCUT2D eigenvalue weighted by molar-refractivity contribution is -0.124. The average Bonchev–Trinajstić information content (AvgIpc) is 3.61. The van der Waals surface area contributed by atoms with Gasteiger partial charge in [0, 0.05) is 35.1 Å². The summed E-state index contributed by atoms with van der Waals surface area (Å²) in [7, 11) is 1.55. The fourth-order valence-electron chi connectivity index (χ4n) is 5.52. The van der Waals surface area contributed by atoms with Gasteiger partial charge in [-0.15, -0.1) is 0 Å². The fourth-order valence-corrected chi connectivity index (χ4v) is 6.03. The predicted octanol–water partition coefficient (Wildman–Crippen LogP) is 4.21. The number of nitriles is 1. The molecule has 2 saturated heterocycles. The molecule has 194 valence electrons. The molecule has 0 aliphatic carbocycles. The second kappa shape index (κ2) is 9.08. The molecule has 0 radical (unpaired) electrons. The number of carbonyl (C=O) groups excluding carboxylic acids is 3. The molecule has 4 amide bonds. The number of carbonyl (C=O) groups is 3. The van der Waals surface area contributed by atoms with E-state index in [0.717, 1.165) is 10.5 Å². The molecule has 4 aromatic rings. The Morgan fingerprint density at radius 3 is 2.41 bits per heavy atom. The second-order valence-corrected chi connectivity index (χ2v) is 10.4. The Kier molecular flexibility index (Phi) is 5.79. The molecule has 2 unspecified atom stereocenters. The van der Waals surface area contributed by atoms with Crippen molar-refractivity contribution in [1.82, 2.24) is 25.2 Å². The number of imide groups is 1. The van der Waals surface area contributed by atoms with E-state index in [1.807, 2.05) is 0 Å². The number of anilines is 1. The minimum Gasteiger partial charge on any atom is -0.335 e. The zero-order valence-corrected chi connectivity index (χ0v) is 21.9. The number of hydrogen-bond donors (Lipinski definition) is 1. The van der Waals surface area contributed by atoms with Crippen LogP contribution in [0.2, 0.25) is 10.0 Å². The second-order valence-electron chi connectivity index (χ2n) is 9.53. The minimum absolute atomic E-state index is 0.0424. The van der Waals surface area contributed by atoms with Crippen molar-refractivity contribution < 1.29 is 14.4 Å². The number of likely N-dealkylation sites (tertiary alicyclic amines) is 1. The number of benzene rings is 3. The Morgan fingerprint density at radius 2 is 1.72 bits per heavy atom. The Bertz CT molecular complexity index is 1690. The van der Waals surface area contributed by atoms with Crippen molar-refractivity contribution in [3.63, 3.8) is 0 Å². The standard InChI is InChI=1S/C27H19Cl2N7O3/c1-34-26(39)36(20-10-18(28)9-19(29)11-20)25(38)27(34)14-35(13-21(27)16-4-2-15(12-30)3-5-16)24(37)17-6-7-22-23(8-17)32-33-31-22/h2-11,21H,13-14H2,1H3,(H,31,32,33). The lowest BCUT2D eigenvalue weighted by Crippen LogP contribution is -2.54. The molecule has 6 rings (SSSR count). The third kappa shape index (κ3) is 3.81. The highest BCUT2D eigenvalue weighted by Crippen LogP contribution is 2.47.